The number of ether oxygens (including phenoxy) is 1. The minimum Gasteiger partial charge on any atom is -0.377 e. The smallest absolute Gasteiger partial charge is 0.254 e. The van der Waals surface area contributed by atoms with Crippen molar-refractivity contribution in [3.05, 3.63) is 52.9 Å². The molecule has 2 heterocycles. The van der Waals surface area contributed by atoms with E-state index in [1.165, 1.54) is 0 Å². The Bertz CT molecular complexity index is 621. The second kappa shape index (κ2) is 5.46. The molecule has 1 aliphatic rings. The summed E-state index contributed by atoms with van der Waals surface area (Å²) in [6.45, 7) is 1.58. The van der Waals surface area contributed by atoms with Gasteiger partial charge < -0.3 is 14.2 Å². The Morgan fingerprint density at radius 3 is 3.10 bits per heavy atom. The maximum atomic E-state index is 12.4. The van der Waals surface area contributed by atoms with E-state index in [4.69, 9.17) is 9.26 Å². The second-order valence-corrected chi connectivity index (χ2v) is 4.85. The van der Waals surface area contributed by atoms with E-state index in [1.54, 1.807) is 12.0 Å². The second-order valence-electron chi connectivity index (χ2n) is 4.85. The lowest BCUT2D eigenvalue weighted by Gasteiger charge is -2.27. The van der Waals surface area contributed by atoms with Crippen molar-refractivity contribution in [1.82, 2.24) is 10.1 Å². The highest BCUT2D eigenvalue weighted by atomic mass is 16.5. The van der Waals surface area contributed by atoms with Crippen LogP contribution in [-0.2, 0) is 24.3 Å². The van der Waals surface area contributed by atoms with Crippen molar-refractivity contribution in [2.45, 2.75) is 19.6 Å². The fourth-order valence-electron chi connectivity index (χ4n) is 2.46. The molecule has 5 nitrogen and oxygen atoms in total. The Kier molecular flexibility index (Phi) is 3.52. The van der Waals surface area contributed by atoms with Gasteiger partial charge >= 0.3 is 0 Å². The van der Waals surface area contributed by atoms with Gasteiger partial charge in [-0.1, -0.05) is 23.4 Å². The molecule has 0 bridgehead atoms. The average molecular weight is 272 g/mol. The number of methoxy groups -OCH3 is 1. The Hall–Kier alpha value is -2.14. The van der Waals surface area contributed by atoms with Crippen molar-refractivity contribution >= 4 is 5.91 Å². The molecule has 1 aromatic heterocycles. The molecule has 0 aliphatic carbocycles. The van der Waals surface area contributed by atoms with Crippen molar-refractivity contribution in [1.29, 1.82) is 0 Å². The standard InChI is InChI=1S/C15H16N2O3/c1-19-10-13-8-12(16-20-13)9-17-7-6-11-4-2-3-5-14(11)15(17)18/h2-5,8H,6-7,9-10H2,1H3. The molecule has 0 N–H and O–H groups in total. The lowest BCUT2D eigenvalue weighted by molar-refractivity contribution is 0.0723. The van der Waals surface area contributed by atoms with E-state index in [2.05, 4.69) is 5.16 Å². The van der Waals surface area contributed by atoms with E-state index < -0.39 is 0 Å². The summed E-state index contributed by atoms with van der Waals surface area (Å²) >= 11 is 0. The first-order valence-electron chi connectivity index (χ1n) is 6.58. The summed E-state index contributed by atoms with van der Waals surface area (Å²) in [5, 5.41) is 3.97. The van der Waals surface area contributed by atoms with Gasteiger partial charge in [0.2, 0.25) is 0 Å². The maximum absolute atomic E-state index is 12.4. The third-order valence-corrected chi connectivity index (χ3v) is 3.43. The Labute approximate surface area is 117 Å². The fraction of sp³-hybridized carbons (Fsp3) is 0.333. The molecule has 5 heteroatoms. The number of fused-ring (bicyclic) bond motifs is 1. The van der Waals surface area contributed by atoms with Crippen LogP contribution in [0.25, 0.3) is 0 Å². The number of carbonyl (C=O) groups is 1. The zero-order valence-corrected chi connectivity index (χ0v) is 11.3. The lowest BCUT2D eigenvalue weighted by Crippen LogP contribution is -2.37. The van der Waals surface area contributed by atoms with E-state index in [0.29, 0.717) is 25.5 Å². The molecule has 104 valence electrons. The quantitative estimate of drug-likeness (QED) is 0.854. The van der Waals surface area contributed by atoms with Gasteiger partial charge in [0.25, 0.3) is 5.91 Å². The number of hydrogen-bond acceptors (Lipinski definition) is 4. The third kappa shape index (κ3) is 2.44. The highest BCUT2D eigenvalue weighted by Gasteiger charge is 2.24. The van der Waals surface area contributed by atoms with Crippen LogP contribution in [0.5, 0.6) is 0 Å². The number of nitrogens with zero attached hydrogens (tertiary/aromatic N) is 2. The molecule has 0 spiro atoms. The number of carbonyl (C=O) groups excluding carboxylic acids is 1. The van der Waals surface area contributed by atoms with Gasteiger partial charge in [-0.3, -0.25) is 4.79 Å². The molecule has 1 aromatic carbocycles. The Morgan fingerprint density at radius 1 is 1.40 bits per heavy atom. The van der Waals surface area contributed by atoms with Gasteiger partial charge in [0.1, 0.15) is 12.3 Å². The van der Waals surface area contributed by atoms with Crippen molar-refractivity contribution in [2.75, 3.05) is 13.7 Å². The van der Waals surface area contributed by atoms with Gasteiger partial charge in [0.15, 0.2) is 5.76 Å². The molecular weight excluding hydrogens is 256 g/mol. The van der Waals surface area contributed by atoms with Crippen molar-refractivity contribution in [2.24, 2.45) is 0 Å². The lowest BCUT2D eigenvalue weighted by atomic mass is 9.99. The summed E-state index contributed by atoms with van der Waals surface area (Å²) in [5.41, 5.74) is 2.66. The van der Waals surface area contributed by atoms with Crippen LogP contribution >= 0.6 is 0 Å². The summed E-state index contributed by atoms with van der Waals surface area (Å²) < 4.78 is 10.1. The van der Waals surface area contributed by atoms with E-state index in [-0.39, 0.29) is 5.91 Å². The van der Waals surface area contributed by atoms with Crippen LogP contribution in [0.2, 0.25) is 0 Å². The summed E-state index contributed by atoms with van der Waals surface area (Å²) in [6.07, 6.45) is 0.880. The van der Waals surface area contributed by atoms with Crippen molar-refractivity contribution in [3.8, 4) is 0 Å². The van der Waals surface area contributed by atoms with Gasteiger partial charge in [-0.15, -0.1) is 0 Å². The first kappa shape index (κ1) is 12.9. The highest BCUT2D eigenvalue weighted by molar-refractivity contribution is 5.96. The normalized spacial score (nSPS) is 14.4. The minimum atomic E-state index is 0.0585. The van der Waals surface area contributed by atoms with Crippen LogP contribution in [0.4, 0.5) is 0 Å². The summed E-state index contributed by atoms with van der Waals surface area (Å²) in [7, 11) is 1.60. The van der Waals surface area contributed by atoms with Crippen LogP contribution < -0.4 is 0 Å². The van der Waals surface area contributed by atoms with E-state index in [9.17, 15) is 4.79 Å². The first-order valence-corrected chi connectivity index (χ1v) is 6.58. The Balaban J connectivity index is 1.74. The number of hydrogen-bond donors (Lipinski definition) is 0. The maximum Gasteiger partial charge on any atom is 0.254 e. The molecule has 1 aliphatic heterocycles. The van der Waals surface area contributed by atoms with Gasteiger partial charge in [0, 0.05) is 25.3 Å². The molecule has 0 saturated carbocycles. The number of amides is 1. The van der Waals surface area contributed by atoms with Gasteiger partial charge in [-0.25, -0.2) is 0 Å². The molecule has 20 heavy (non-hydrogen) atoms. The topological polar surface area (TPSA) is 55.6 Å². The number of rotatable bonds is 4. The molecule has 1 amide bonds. The van der Waals surface area contributed by atoms with Crippen LogP contribution in [-0.4, -0.2) is 29.6 Å². The van der Waals surface area contributed by atoms with E-state index >= 15 is 0 Å². The van der Waals surface area contributed by atoms with Crippen LogP contribution in [0.15, 0.2) is 34.9 Å². The number of benzene rings is 1. The average Bonchev–Trinajstić information content (AvgIpc) is 2.90. The predicted molar refractivity (Wildman–Crippen MR) is 72.1 cm³/mol. The van der Waals surface area contributed by atoms with Crippen LogP contribution in [0.1, 0.15) is 27.4 Å². The Morgan fingerprint density at radius 2 is 2.25 bits per heavy atom. The monoisotopic (exact) mass is 272 g/mol. The molecule has 0 fully saturated rings. The molecule has 0 unspecified atom stereocenters. The van der Waals surface area contributed by atoms with Crippen molar-refractivity contribution < 1.29 is 14.1 Å². The largest absolute Gasteiger partial charge is 0.377 e. The van der Waals surface area contributed by atoms with Gasteiger partial charge in [-0.2, -0.15) is 0 Å². The highest BCUT2D eigenvalue weighted by Crippen LogP contribution is 2.20. The van der Waals surface area contributed by atoms with E-state index in [1.807, 2.05) is 30.3 Å². The molecule has 0 radical (unpaired) electrons. The molecule has 2 aromatic rings. The van der Waals surface area contributed by atoms with Gasteiger partial charge in [-0.05, 0) is 18.1 Å². The van der Waals surface area contributed by atoms with Crippen LogP contribution in [0, 0.1) is 0 Å². The third-order valence-electron chi connectivity index (χ3n) is 3.43. The molecular formula is C15H16N2O3. The minimum absolute atomic E-state index is 0.0585. The van der Waals surface area contributed by atoms with Crippen molar-refractivity contribution in [3.63, 3.8) is 0 Å². The predicted octanol–water partition coefficient (Wildman–Crippen LogP) is 2.02. The molecule has 0 atom stereocenters. The van der Waals surface area contributed by atoms with Gasteiger partial charge in [0.05, 0.1) is 6.54 Å². The fourth-order valence-corrected chi connectivity index (χ4v) is 2.46. The number of aromatic nitrogens is 1. The SMILES string of the molecule is COCc1cc(CN2CCc3ccccc3C2=O)no1. The molecule has 0 saturated heterocycles. The summed E-state index contributed by atoms with van der Waals surface area (Å²) in [5.74, 6) is 0.732. The van der Waals surface area contributed by atoms with Crippen LogP contribution in [0.3, 0.4) is 0 Å². The first-order chi connectivity index (χ1) is 9.78. The zero-order chi connectivity index (χ0) is 13.9. The molecule has 3 rings (SSSR count). The summed E-state index contributed by atoms with van der Waals surface area (Å²) in [6, 6.07) is 9.58. The summed E-state index contributed by atoms with van der Waals surface area (Å²) in [4.78, 5) is 14.2. The zero-order valence-electron chi connectivity index (χ0n) is 11.3. The van der Waals surface area contributed by atoms with E-state index in [0.717, 1.165) is 23.2 Å².